The van der Waals surface area contributed by atoms with E-state index < -0.39 is 17.7 Å². The van der Waals surface area contributed by atoms with E-state index >= 15 is 0 Å². The number of unbranched alkanes of at least 4 members (excludes halogenated alkanes) is 6. The Kier molecular flexibility index (Phi) is 12.1. The molecule has 0 spiro atoms. The van der Waals surface area contributed by atoms with E-state index in [2.05, 4.69) is 15.6 Å². The summed E-state index contributed by atoms with van der Waals surface area (Å²) in [4.78, 5) is 28.8. The van der Waals surface area contributed by atoms with Crippen molar-refractivity contribution in [2.45, 2.75) is 90.2 Å². The van der Waals surface area contributed by atoms with Gasteiger partial charge in [-0.3, -0.25) is 4.79 Å². The molecule has 1 aromatic heterocycles. The molecule has 7 nitrogen and oxygen atoms in total. The van der Waals surface area contributed by atoms with Crippen LogP contribution in [0, 0.1) is 0 Å². The molecule has 1 aromatic carbocycles. The van der Waals surface area contributed by atoms with Crippen molar-refractivity contribution in [3.63, 3.8) is 0 Å². The monoisotopic (exact) mass is 472 g/mol. The number of hydrogen-bond donors (Lipinski definition) is 4. The van der Waals surface area contributed by atoms with E-state index in [4.69, 9.17) is 10.5 Å². The number of amides is 1. The van der Waals surface area contributed by atoms with Gasteiger partial charge in [0.15, 0.2) is 5.78 Å². The highest BCUT2D eigenvalue weighted by Gasteiger charge is 2.26. The van der Waals surface area contributed by atoms with E-state index in [0.717, 1.165) is 56.2 Å². The topological polar surface area (TPSA) is 109 Å². The van der Waals surface area contributed by atoms with Crippen LogP contribution in [0.25, 0.3) is 10.9 Å². The largest absolute Gasteiger partial charge is 0.444 e. The van der Waals surface area contributed by atoms with Crippen molar-refractivity contribution in [2.75, 3.05) is 19.6 Å². The highest BCUT2D eigenvalue weighted by Crippen LogP contribution is 2.23. The van der Waals surface area contributed by atoms with Gasteiger partial charge < -0.3 is 26.1 Å². The molecule has 190 valence electrons. The fourth-order valence-corrected chi connectivity index (χ4v) is 3.94. The Labute approximate surface area is 204 Å². The molecule has 0 saturated carbocycles. The zero-order valence-electron chi connectivity index (χ0n) is 21.3. The van der Waals surface area contributed by atoms with Gasteiger partial charge >= 0.3 is 6.09 Å². The van der Waals surface area contributed by atoms with Gasteiger partial charge in [0.1, 0.15) is 11.6 Å². The fourth-order valence-electron chi connectivity index (χ4n) is 3.94. The third-order valence-corrected chi connectivity index (χ3v) is 5.68. The van der Waals surface area contributed by atoms with Crippen molar-refractivity contribution >= 4 is 22.8 Å². The molecule has 1 atom stereocenters. The molecular formula is C27H44N4O3. The van der Waals surface area contributed by atoms with Crippen LogP contribution in [0.1, 0.15) is 90.3 Å². The van der Waals surface area contributed by atoms with Gasteiger partial charge in [-0.1, -0.05) is 50.3 Å². The maximum absolute atomic E-state index is 13.1. The highest BCUT2D eigenvalue weighted by molar-refractivity contribution is 5.90. The summed E-state index contributed by atoms with van der Waals surface area (Å²) >= 11 is 0. The predicted octanol–water partition coefficient (Wildman–Crippen LogP) is 5.36. The Morgan fingerprint density at radius 1 is 0.971 bits per heavy atom. The summed E-state index contributed by atoms with van der Waals surface area (Å²) in [5.74, 6) is 0.000897. The molecule has 0 saturated heterocycles. The van der Waals surface area contributed by atoms with Crippen LogP contribution in [-0.2, 0) is 9.53 Å². The number of aromatic amines is 1. The van der Waals surface area contributed by atoms with E-state index in [1.54, 1.807) is 0 Å². The average Bonchev–Trinajstić information content (AvgIpc) is 3.21. The van der Waals surface area contributed by atoms with Crippen LogP contribution in [0.3, 0.4) is 0 Å². The summed E-state index contributed by atoms with van der Waals surface area (Å²) in [6, 6.07) is 9.04. The Morgan fingerprint density at radius 2 is 1.62 bits per heavy atom. The Balaban J connectivity index is 1.78. The highest BCUT2D eigenvalue weighted by atomic mass is 16.6. The summed E-state index contributed by atoms with van der Waals surface area (Å²) in [5, 5.41) is 7.21. The van der Waals surface area contributed by atoms with Crippen LogP contribution in [0.4, 0.5) is 4.79 Å². The smallest absolute Gasteiger partial charge is 0.408 e. The lowest BCUT2D eigenvalue weighted by Crippen LogP contribution is -2.38. The average molecular weight is 473 g/mol. The molecule has 34 heavy (non-hydrogen) atoms. The number of benzene rings is 1. The summed E-state index contributed by atoms with van der Waals surface area (Å²) in [6.45, 7) is 8.25. The molecule has 1 heterocycles. The first-order chi connectivity index (χ1) is 16.3. The Morgan fingerprint density at radius 3 is 2.29 bits per heavy atom. The van der Waals surface area contributed by atoms with Gasteiger partial charge in [0.25, 0.3) is 0 Å². The number of Topliss-reactive ketones (excluding diaryl/α,β-unsaturated/α-hetero) is 1. The molecule has 2 aromatic rings. The Hall–Kier alpha value is -2.38. The number of alkyl carbamates (subject to hydrolysis) is 1. The summed E-state index contributed by atoms with van der Waals surface area (Å²) < 4.78 is 5.40. The van der Waals surface area contributed by atoms with E-state index in [1.807, 2.05) is 51.1 Å². The molecule has 0 bridgehead atoms. The first-order valence-corrected chi connectivity index (χ1v) is 12.8. The van der Waals surface area contributed by atoms with Gasteiger partial charge in [0, 0.05) is 17.6 Å². The van der Waals surface area contributed by atoms with Gasteiger partial charge in [-0.05, 0) is 77.2 Å². The number of ketones is 1. The number of carbonyl (C=O) groups is 2. The van der Waals surface area contributed by atoms with Gasteiger partial charge in [-0.15, -0.1) is 0 Å². The van der Waals surface area contributed by atoms with E-state index in [0.29, 0.717) is 12.1 Å². The maximum atomic E-state index is 13.1. The number of rotatable bonds is 16. The summed E-state index contributed by atoms with van der Waals surface area (Å²) in [7, 11) is 0. The molecule has 7 heteroatoms. The third-order valence-electron chi connectivity index (χ3n) is 5.68. The summed E-state index contributed by atoms with van der Waals surface area (Å²) in [6.07, 6.45) is 8.71. The van der Waals surface area contributed by atoms with Crippen molar-refractivity contribution < 1.29 is 14.3 Å². The number of fused-ring (bicyclic) bond motifs is 1. The third kappa shape index (κ3) is 10.7. The molecule has 0 radical (unpaired) electrons. The minimum atomic E-state index is -0.742. The predicted molar refractivity (Wildman–Crippen MR) is 139 cm³/mol. The lowest BCUT2D eigenvalue weighted by Gasteiger charge is -2.22. The summed E-state index contributed by atoms with van der Waals surface area (Å²) in [5.41, 5.74) is 6.49. The second kappa shape index (κ2) is 14.8. The number of para-hydroxylation sites is 1. The van der Waals surface area contributed by atoms with Gasteiger partial charge in [-0.25, -0.2) is 4.79 Å². The lowest BCUT2D eigenvalue weighted by atomic mass is 10.0. The van der Waals surface area contributed by atoms with Gasteiger partial charge in [0.2, 0.25) is 0 Å². The van der Waals surface area contributed by atoms with Crippen LogP contribution in [0.2, 0.25) is 0 Å². The number of nitrogens with one attached hydrogen (secondary N) is 3. The van der Waals surface area contributed by atoms with Crippen LogP contribution < -0.4 is 16.4 Å². The number of aromatic nitrogens is 1. The van der Waals surface area contributed by atoms with Crippen molar-refractivity contribution in [3.8, 4) is 0 Å². The first-order valence-electron chi connectivity index (χ1n) is 12.8. The van der Waals surface area contributed by atoms with Crippen LogP contribution in [-0.4, -0.2) is 42.1 Å². The molecule has 1 amide bonds. The SMILES string of the molecule is CC(C)(C)OC(=O)NC(C(=O)CCCCCCCCCNCCCN)c1cc2ccccc2[nH]1. The molecule has 0 aliphatic carbocycles. The number of nitrogens with two attached hydrogens (primary N) is 1. The number of hydrogen-bond acceptors (Lipinski definition) is 5. The van der Waals surface area contributed by atoms with Gasteiger partial charge in [-0.2, -0.15) is 0 Å². The van der Waals surface area contributed by atoms with Crippen LogP contribution in [0.15, 0.2) is 30.3 Å². The van der Waals surface area contributed by atoms with E-state index in [1.165, 1.54) is 25.7 Å². The minimum Gasteiger partial charge on any atom is -0.444 e. The molecule has 5 N–H and O–H groups in total. The van der Waals surface area contributed by atoms with Crippen LogP contribution in [0.5, 0.6) is 0 Å². The maximum Gasteiger partial charge on any atom is 0.408 e. The fraction of sp³-hybridized carbons (Fsp3) is 0.630. The van der Waals surface area contributed by atoms with Crippen molar-refractivity contribution in [2.24, 2.45) is 5.73 Å². The van der Waals surface area contributed by atoms with Crippen molar-refractivity contribution in [1.82, 2.24) is 15.6 Å². The standard InChI is InChI=1S/C27H44N4O3/c1-27(2,3)34-26(33)31-25(23-20-21-14-10-11-15-22(21)30-23)24(32)16-9-7-5-4-6-8-12-18-29-19-13-17-28/h10-11,14-15,20,25,29-30H,4-9,12-13,16-19,28H2,1-3H3,(H,31,33). The first kappa shape index (κ1) is 27.9. The second-order valence-electron chi connectivity index (χ2n) is 9.97. The van der Waals surface area contributed by atoms with Gasteiger partial charge in [0.05, 0.1) is 0 Å². The normalized spacial score (nSPS) is 12.6. The second-order valence-corrected chi connectivity index (χ2v) is 9.97. The molecule has 1 unspecified atom stereocenters. The molecule has 2 rings (SSSR count). The van der Waals surface area contributed by atoms with Crippen molar-refractivity contribution in [1.29, 1.82) is 0 Å². The lowest BCUT2D eigenvalue weighted by molar-refractivity contribution is -0.121. The number of carbonyl (C=O) groups excluding carboxylic acids is 2. The minimum absolute atomic E-state index is 0.000897. The zero-order valence-corrected chi connectivity index (χ0v) is 21.3. The molecule has 0 fully saturated rings. The molecule has 0 aliphatic rings. The van der Waals surface area contributed by atoms with Crippen LogP contribution >= 0.6 is 0 Å². The zero-order chi connectivity index (χ0) is 24.8. The van der Waals surface area contributed by atoms with Crippen molar-refractivity contribution in [3.05, 3.63) is 36.0 Å². The van der Waals surface area contributed by atoms with E-state index in [-0.39, 0.29) is 5.78 Å². The molecule has 0 aliphatic heterocycles. The molecular weight excluding hydrogens is 428 g/mol. The quantitative estimate of drug-likeness (QED) is 0.246. The number of H-pyrrole nitrogens is 1. The number of ether oxygens (including phenoxy) is 1. The van der Waals surface area contributed by atoms with E-state index in [9.17, 15) is 9.59 Å². The Bertz CT molecular complexity index is 839.